The van der Waals surface area contributed by atoms with Gasteiger partial charge in [0.25, 0.3) is 5.91 Å². The van der Waals surface area contributed by atoms with Gasteiger partial charge >= 0.3 is 0 Å². The molecule has 4 rings (SSSR count). The van der Waals surface area contributed by atoms with Crippen LogP contribution in [0, 0.1) is 0 Å². The maximum Gasteiger partial charge on any atom is 0.255 e. The van der Waals surface area contributed by atoms with Crippen molar-refractivity contribution in [2.45, 2.75) is 13.5 Å². The number of amides is 1. The summed E-state index contributed by atoms with van der Waals surface area (Å²) >= 11 is 3.52. The van der Waals surface area contributed by atoms with Crippen molar-refractivity contribution in [1.29, 1.82) is 0 Å². The molecule has 4 aromatic rings. The van der Waals surface area contributed by atoms with Crippen molar-refractivity contribution >= 4 is 33.2 Å². The van der Waals surface area contributed by atoms with Gasteiger partial charge in [-0.05, 0) is 93.9 Å². The first-order valence-corrected chi connectivity index (χ1v) is 10.8. The van der Waals surface area contributed by atoms with Gasteiger partial charge in [0.05, 0.1) is 18.8 Å². The number of nitrogens with zero attached hydrogens (tertiary/aromatic N) is 4. The third kappa shape index (κ3) is 5.12. The third-order valence-electron chi connectivity index (χ3n) is 4.64. The van der Waals surface area contributed by atoms with Crippen molar-refractivity contribution in [3.05, 3.63) is 88.7 Å². The third-order valence-corrected chi connectivity index (χ3v) is 5.31. The van der Waals surface area contributed by atoms with Crippen molar-refractivity contribution in [3.63, 3.8) is 0 Å². The number of carbonyl (C=O) groups is 1. The fraction of sp³-hybridized carbons (Fsp3) is 0.130. The minimum atomic E-state index is -0.182. The van der Waals surface area contributed by atoms with Crippen LogP contribution in [0.4, 0.5) is 11.4 Å². The largest absolute Gasteiger partial charge is 0.494 e. The predicted octanol–water partition coefficient (Wildman–Crippen LogP) is 4.69. The molecule has 1 aromatic heterocycles. The highest BCUT2D eigenvalue weighted by atomic mass is 79.9. The Morgan fingerprint density at radius 3 is 2.44 bits per heavy atom. The average molecular weight is 493 g/mol. The maximum absolute atomic E-state index is 12.5. The molecule has 0 aliphatic carbocycles. The molecule has 32 heavy (non-hydrogen) atoms. The molecule has 3 aromatic carbocycles. The maximum atomic E-state index is 12.5. The summed E-state index contributed by atoms with van der Waals surface area (Å²) in [5.74, 6) is 1.25. The van der Waals surface area contributed by atoms with Gasteiger partial charge in [0.2, 0.25) is 0 Å². The predicted molar refractivity (Wildman–Crippen MR) is 126 cm³/mol. The summed E-state index contributed by atoms with van der Waals surface area (Å²) in [6, 6.07) is 22.2. The summed E-state index contributed by atoms with van der Waals surface area (Å²) in [6.07, 6.45) is 0. The zero-order valence-electron chi connectivity index (χ0n) is 17.3. The number of nitrogens with one attached hydrogen (secondary N) is 2. The molecule has 9 heteroatoms. The van der Waals surface area contributed by atoms with Gasteiger partial charge in [-0.15, -0.1) is 5.10 Å². The number of ether oxygens (including phenoxy) is 1. The smallest absolute Gasteiger partial charge is 0.255 e. The van der Waals surface area contributed by atoms with Crippen molar-refractivity contribution in [2.75, 3.05) is 17.2 Å². The normalized spacial score (nSPS) is 10.6. The number of benzene rings is 3. The van der Waals surface area contributed by atoms with Gasteiger partial charge in [-0.1, -0.05) is 12.1 Å². The van der Waals surface area contributed by atoms with Crippen molar-refractivity contribution in [2.24, 2.45) is 0 Å². The molecule has 0 aliphatic rings. The Kier molecular flexibility index (Phi) is 6.76. The molecule has 0 spiro atoms. The molecule has 0 bridgehead atoms. The second kappa shape index (κ2) is 10.1. The van der Waals surface area contributed by atoms with Gasteiger partial charge in [0.1, 0.15) is 5.75 Å². The number of aromatic nitrogens is 4. The first-order chi connectivity index (χ1) is 15.6. The van der Waals surface area contributed by atoms with Crippen LogP contribution in [0.15, 0.2) is 77.3 Å². The summed E-state index contributed by atoms with van der Waals surface area (Å²) in [5, 5.41) is 18.1. The van der Waals surface area contributed by atoms with Crippen LogP contribution < -0.4 is 15.4 Å². The lowest BCUT2D eigenvalue weighted by Crippen LogP contribution is -2.12. The zero-order valence-corrected chi connectivity index (χ0v) is 18.9. The standard InChI is InChI=1S/C23H21BrN6O2/c1-2-32-19-13-11-18(12-14-19)26-23(31)16-7-9-17(10-8-16)25-15-22-27-28-29-30(22)21-6-4-3-5-20(21)24/h3-14,25H,2,15H2,1H3,(H,26,31). The van der Waals surface area contributed by atoms with E-state index in [0.717, 1.165) is 21.6 Å². The van der Waals surface area contributed by atoms with E-state index in [2.05, 4.69) is 42.1 Å². The van der Waals surface area contributed by atoms with E-state index in [0.29, 0.717) is 30.2 Å². The number of hydrogen-bond donors (Lipinski definition) is 2. The molecular formula is C23H21BrN6O2. The molecule has 8 nitrogen and oxygen atoms in total. The molecule has 1 heterocycles. The van der Waals surface area contributed by atoms with E-state index in [9.17, 15) is 4.79 Å². The van der Waals surface area contributed by atoms with Crippen LogP contribution in [0.1, 0.15) is 23.1 Å². The molecule has 0 unspecified atom stereocenters. The van der Waals surface area contributed by atoms with Crippen LogP contribution in [-0.2, 0) is 6.54 Å². The molecule has 0 aliphatic heterocycles. The highest BCUT2D eigenvalue weighted by molar-refractivity contribution is 9.10. The Morgan fingerprint density at radius 1 is 1.00 bits per heavy atom. The zero-order chi connectivity index (χ0) is 22.3. The molecule has 0 radical (unpaired) electrons. The Labute approximate surface area is 193 Å². The van der Waals surface area contributed by atoms with E-state index < -0.39 is 0 Å². The van der Waals surface area contributed by atoms with Crippen molar-refractivity contribution in [1.82, 2.24) is 20.2 Å². The minimum absolute atomic E-state index is 0.182. The lowest BCUT2D eigenvalue weighted by molar-refractivity contribution is 0.102. The van der Waals surface area contributed by atoms with Gasteiger partial charge in [0.15, 0.2) is 5.82 Å². The molecule has 0 fully saturated rings. The lowest BCUT2D eigenvalue weighted by atomic mass is 10.2. The second-order valence-electron chi connectivity index (χ2n) is 6.80. The Hall–Kier alpha value is -3.72. The summed E-state index contributed by atoms with van der Waals surface area (Å²) in [5.41, 5.74) is 2.97. The SMILES string of the molecule is CCOc1ccc(NC(=O)c2ccc(NCc3nnnn3-c3ccccc3Br)cc2)cc1. The fourth-order valence-corrected chi connectivity index (χ4v) is 3.50. The fourth-order valence-electron chi connectivity index (χ4n) is 3.05. The molecule has 162 valence electrons. The van der Waals surface area contributed by atoms with Crippen molar-refractivity contribution in [3.8, 4) is 11.4 Å². The second-order valence-corrected chi connectivity index (χ2v) is 7.66. The Bertz CT molecular complexity index is 1190. The molecule has 0 saturated carbocycles. The first kappa shape index (κ1) is 21.5. The van der Waals surface area contributed by atoms with Gasteiger partial charge < -0.3 is 15.4 Å². The van der Waals surface area contributed by atoms with Gasteiger partial charge in [-0.3, -0.25) is 4.79 Å². The highest BCUT2D eigenvalue weighted by Crippen LogP contribution is 2.21. The average Bonchev–Trinajstić information content (AvgIpc) is 3.28. The minimum Gasteiger partial charge on any atom is -0.494 e. The topological polar surface area (TPSA) is 94.0 Å². The number of halogens is 1. The molecule has 0 saturated heterocycles. The van der Waals surface area contributed by atoms with Gasteiger partial charge in [-0.2, -0.15) is 4.68 Å². The van der Waals surface area contributed by atoms with E-state index in [4.69, 9.17) is 4.74 Å². The van der Waals surface area contributed by atoms with Crippen LogP contribution in [0.5, 0.6) is 5.75 Å². The van der Waals surface area contributed by atoms with Crippen LogP contribution in [0.2, 0.25) is 0 Å². The number of anilines is 2. The highest BCUT2D eigenvalue weighted by Gasteiger charge is 2.11. The van der Waals surface area contributed by atoms with Crippen LogP contribution in [0.3, 0.4) is 0 Å². The van der Waals surface area contributed by atoms with Crippen LogP contribution >= 0.6 is 15.9 Å². The van der Waals surface area contributed by atoms with E-state index in [1.165, 1.54) is 0 Å². The Balaban J connectivity index is 1.37. The van der Waals surface area contributed by atoms with Crippen molar-refractivity contribution < 1.29 is 9.53 Å². The molecule has 1 amide bonds. The number of tetrazole rings is 1. The monoisotopic (exact) mass is 492 g/mol. The van der Waals surface area contributed by atoms with Crippen LogP contribution in [0.25, 0.3) is 5.69 Å². The number of carbonyl (C=O) groups excluding carboxylic acids is 1. The molecule has 0 atom stereocenters. The summed E-state index contributed by atoms with van der Waals surface area (Å²) in [6.45, 7) is 2.95. The Morgan fingerprint density at radius 2 is 1.72 bits per heavy atom. The summed E-state index contributed by atoms with van der Waals surface area (Å²) in [4.78, 5) is 12.5. The molecule has 2 N–H and O–H groups in total. The number of para-hydroxylation sites is 1. The molecular weight excluding hydrogens is 472 g/mol. The van der Waals surface area contributed by atoms with E-state index in [-0.39, 0.29) is 5.91 Å². The summed E-state index contributed by atoms with van der Waals surface area (Å²) in [7, 11) is 0. The van der Waals surface area contributed by atoms with Gasteiger partial charge in [-0.25, -0.2) is 0 Å². The van der Waals surface area contributed by atoms with Crippen LogP contribution in [-0.4, -0.2) is 32.7 Å². The van der Waals surface area contributed by atoms with Gasteiger partial charge in [0, 0.05) is 21.4 Å². The first-order valence-electron chi connectivity index (χ1n) is 10.0. The summed E-state index contributed by atoms with van der Waals surface area (Å²) < 4.78 is 7.99. The lowest BCUT2D eigenvalue weighted by Gasteiger charge is -2.10. The van der Waals surface area contributed by atoms with E-state index >= 15 is 0 Å². The van der Waals surface area contributed by atoms with E-state index in [1.54, 1.807) is 16.8 Å². The number of hydrogen-bond acceptors (Lipinski definition) is 6. The van der Waals surface area contributed by atoms with E-state index in [1.807, 2.05) is 67.6 Å². The number of rotatable bonds is 8. The quantitative estimate of drug-likeness (QED) is 0.370.